The van der Waals surface area contributed by atoms with Crippen molar-refractivity contribution in [2.75, 3.05) is 31.6 Å². The molecule has 1 heterocycles. The van der Waals surface area contributed by atoms with Crippen molar-refractivity contribution < 1.29 is 47.2 Å². The summed E-state index contributed by atoms with van der Waals surface area (Å²) in [7, 11) is 0. The number of ether oxygens (including phenoxy) is 2. The molecule has 1 aliphatic rings. The molecule has 222 valence electrons. The first-order valence-corrected chi connectivity index (χ1v) is 13.0. The van der Waals surface area contributed by atoms with Crippen molar-refractivity contribution in [2.45, 2.75) is 31.9 Å². The number of carbonyl (C=O) groups is 3. The maximum Gasteiger partial charge on any atom is 0.573 e. The summed E-state index contributed by atoms with van der Waals surface area (Å²) in [6.45, 7) is 1.48. The maximum atomic E-state index is 12.8. The highest BCUT2D eigenvalue weighted by Crippen LogP contribution is 2.31. The Morgan fingerprint density at radius 3 is 2.61 bits per heavy atom. The van der Waals surface area contributed by atoms with Crippen molar-refractivity contribution in [3.63, 3.8) is 0 Å². The third-order valence-corrected chi connectivity index (χ3v) is 5.82. The van der Waals surface area contributed by atoms with Crippen LogP contribution in [0.25, 0.3) is 0 Å². The van der Waals surface area contributed by atoms with Crippen LogP contribution in [-0.2, 0) is 14.3 Å². The minimum absolute atomic E-state index is 0.000693. The summed E-state index contributed by atoms with van der Waals surface area (Å²) in [6, 6.07) is 6.28. The van der Waals surface area contributed by atoms with Crippen LogP contribution in [-0.4, -0.2) is 72.7 Å². The summed E-state index contributed by atoms with van der Waals surface area (Å²) < 4.78 is 47.4. The molecule has 0 aliphatic carbocycles. The van der Waals surface area contributed by atoms with Crippen LogP contribution in [0.4, 0.5) is 18.9 Å². The van der Waals surface area contributed by atoms with Gasteiger partial charge in [0.2, 0.25) is 5.91 Å². The minimum atomic E-state index is -4.97. The zero-order valence-corrected chi connectivity index (χ0v) is 23.1. The van der Waals surface area contributed by atoms with Gasteiger partial charge in [-0.25, -0.2) is 0 Å². The molecule has 0 radical (unpaired) electrons. The Balaban J connectivity index is 1.69. The molecule has 1 aliphatic heterocycles. The molecule has 2 amide bonds. The maximum absolute atomic E-state index is 12.8. The fraction of sp³-hybridized carbons (Fsp3) is 0.360. The molecule has 16 heteroatoms. The minimum Gasteiger partial charge on any atom is -0.508 e. The predicted molar refractivity (Wildman–Crippen MR) is 143 cm³/mol. The van der Waals surface area contributed by atoms with Gasteiger partial charge >= 0.3 is 12.3 Å². The highest BCUT2D eigenvalue weighted by Gasteiger charge is 2.32. The van der Waals surface area contributed by atoms with Gasteiger partial charge in [-0.15, -0.1) is 13.2 Å². The smallest absolute Gasteiger partial charge is 0.508 e. The van der Waals surface area contributed by atoms with Crippen LogP contribution in [0.2, 0.25) is 0 Å². The summed E-state index contributed by atoms with van der Waals surface area (Å²) in [5, 5.41) is 30.2. The van der Waals surface area contributed by atoms with Gasteiger partial charge in [0.25, 0.3) is 5.91 Å². The van der Waals surface area contributed by atoms with E-state index < -0.39 is 55.0 Å². The van der Waals surface area contributed by atoms with Crippen molar-refractivity contribution in [1.82, 2.24) is 16.0 Å². The lowest BCUT2D eigenvalue weighted by Gasteiger charge is -2.21. The third-order valence-electron chi connectivity index (χ3n) is 5.36. The average molecular weight is 646 g/mol. The number of phenols is 1. The highest BCUT2D eigenvalue weighted by molar-refractivity contribution is 9.10. The first kappa shape index (κ1) is 31.5. The second-order valence-corrected chi connectivity index (χ2v) is 9.61. The molecule has 0 saturated heterocycles. The van der Waals surface area contributed by atoms with E-state index in [1.807, 2.05) is 0 Å². The van der Waals surface area contributed by atoms with Crippen LogP contribution in [0.15, 0.2) is 45.9 Å². The summed E-state index contributed by atoms with van der Waals surface area (Å²) in [5.41, 5.74) is 0.422. The Morgan fingerprint density at radius 2 is 1.95 bits per heavy atom. The number of halogens is 4. The number of carbonyl (C=O) groups excluding carboxylic acids is 3. The van der Waals surface area contributed by atoms with Gasteiger partial charge in [-0.05, 0) is 42.8 Å². The fourth-order valence-corrected chi connectivity index (χ4v) is 4.18. The molecule has 2 atom stereocenters. The van der Waals surface area contributed by atoms with Gasteiger partial charge in [-0.1, -0.05) is 15.9 Å². The normalized spacial score (nSPS) is 15.6. The number of aliphatic hydroxyl groups excluding tert-OH is 1. The zero-order valence-electron chi connectivity index (χ0n) is 21.5. The molecular formula is C25H27BrF3N5O7. The lowest BCUT2D eigenvalue weighted by molar-refractivity contribution is -0.274. The van der Waals surface area contributed by atoms with Gasteiger partial charge in [0.05, 0.1) is 38.3 Å². The zero-order chi connectivity index (χ0) is 30.2. The number of aromatic hydroxyl groups is 1. The lowest BCUT2D eigenvalue weighted by Crippen LogP contribution is -2.42. The van der Waals surface area contributed by atoms with Crippen molar-refractivity contribution >= 4 is 45.4 Å². The summed E-state index contributed by atoms with van der Waals surface area (Å²) in [6.07, 6.45) is -6.01. The molecule has 0 saturated carbocycles. The van der Waals surface area contributed by atoms with E-state index in [1.165, 1.54) is 24.3 Å². The summed E-state index contributed by atoms with van der Waals surface area (Å²) >= 11 is 3.09. The van der Waals surface area contributed by atoms with Crippen molar-refractivity contribution in [1.29, 1.82) is 0 Å². The number of guanidine groups is 1. The second kappa shape index (κ2) is 14.0. The van der Waals surface area contributed by atoms with Crippen LogP contribution in [0.3, 0.4) is 0 Å². The van der Waals surface area contributed by atoms with Gasteiger partial charge in [0.1, 0.15) is 11.5 Å². The Labute approximate surface area is 240 Å². The monoisotopic (exact) mass is 645 g/mol. The Morgan fingerprint density at radius 1 is 1.20 bits per heavy atom. The van der Waals surface area contributed by atoms with E-state index in [9.17, 15) is 37.8 Å². The van der Waals surface area contributed by atoms with Crippen LogP contribution < -0.4 is 26.0 Å². The molecule has 3 rings (SSSR count). The van der Waals surface area contributed by atoms with E-state index in [4.69, 9.17) is 4.74 Å². The Hall–Kier alpha value is -4.05. The molecule has 0 spiro atoms. The second-order valence-electron chi connectivity index (χ2n) is 8.70. The number of aliphatic imine (C=N–C) groups is 1. The molecule has 2 aromatic carbocycles. The van der Waals surface area contributed by atoms with Crippen molar-refractivity contribution in [3.8, 4) is 11.5 Å². The van der Waals surface area contributed by atoms with Gasteiger partial charge in [-0.2, -0.15) is 0 Å². The SMILES string of the molecule is CCOC(=O)C[C@H](NC(=O)CNC(=O)c1cc(O)cc(NC2=NCC(O)CN2)c1)c1cc(Br)cc(OC(F)(F)F)c1. The largest absolute Gasteiger partial charge is 0.573 e. The molecule has 41 heavy (non-hydrogen) atoms. The standard InChI is InChI=1S/C25H27BrF3N5O7/c1-2-40-22(38)9-20(13-3-15(26)7-19(6-13)41-25(27,28)29)34-21(37)12-30-23(39)14-4-16(8-17(35)5-14)33-24-31-10-18(36)11-32-24/h3-8,18,20,35-36H,2,9-12H2,1H3,(H,30,39)(H,34,37)(H2,31,32,33)/t20-/m0/s1. The van der Waals surface area contributed by atoms with E-state index in [-0.39, 0.29) is 41.0 Å². The van der Waals surface area contributed by atoms with E-state index in [0.29, 0.717) is 11.6 Å². The van der Waals surface area contributed by atoms with Crippen LogP contribution in [0.1, 0.15) is 35.3 Å². The molecule has 6 N–H and O–H groups in total. The number of amides is 2. The van der Waals surface area contributed by atoms with Gasteiger partial charge in [0.15, 0.2) is 5.96 Å². The number of benzene rings is 2. The average Bonchev–Trinajstić information content (AvgIpc) is 2.86. The number of nitrogens with one attached hydrogen (secondary N) is 4. The van der Waals surface area contributed by atoms with E-state index in [0.717, 1.165) is 12.1 Å². The number of aliphatic hydroxyl groups is 1. The number of β-amino-alcohol motifs (C(OH)–C–C–N with tert-alkyl or cyclic N) is 1. The number of hydrogen-bond donors (Lipinski definition) is 6. The summed E-state index contributed by atoms with van der Waals surface area (Å²) in [5.74, 6) is -2.69. The number of anilines is 1. The molecule has 0 fully saturated rings. The molecule has 0 aromatic heterocycles. The first-order chi connectivity index (χ1) is 19.3. The first-order valence-electron chi connectivity index (χ1n) is 12.2. The van der Waals surface area contributed by atoms with E-state index >= 15 is 0 Å². The number of rotatable bonds is 10. The molecule has 1 unspecified atom stereocenters. The van der Waals surface area contributed by atoms with Crippen molar-refractivity contribution in [2.24, 2.45) is 4.99 Å². The van der Waals surface area contributed by atoms with Crippen LogP contribution in [0.5, 0.6) is 11.5 Å². The van der Waals surface area contributed by atoms with Gasteiger partial charge in [-0.3, -0.25) is 19.4 Å². The van der Waals surface area contributed by atoms with E-state index in [1.54, 1.807) is 6.92 Å². The summed E-state index contributed by atoms with van der Waals surface area (Å²) in [4.78, 5) is 41.7. The third kappa shape index (κ3) is 10.5. The van der Waals surface area contributed by atoms with Crippen LogP contribution >= 0.6 is 15.9 Å². The quantitative estimate of drug-likeness (QED) is 0.212. The van der Waals surface area contributed by atoms with Crippen molar-refractivity contribution in [3.05, 3.63) is 52.0 Å². The molecule has 2 aromatic rings. The topological polar surface area (TPSA) is 171 Å². The molecule has 12 nitrogen and oxygen atoms in total. The molecule has 0 bridgehead atoms. The molecular weight excluding hydrogens is 619 g/mol. The van der Waals surface area contributed by atoms with Gasteiger partial charge in [0, 0.05) is 28.3 Å². The number of hydrogen-bond acceptors (Lipinski definition) is 10. The fourth-order valence-electron chi connectivity index (χ4n) is 3.69. The number of phenolic OH excluding ortho intramolecular Hbond substituents is 1. The number of esters is 1. The number of alkyl halides is 3. The Kier molecular flexibility index (Phi) is 10.8. The number of nitrogens with zero attached hydrogens (tertiary/aromatic N) is 1. The highest BCUT2D eigenvalue weighted by atomic mass is 79.9. The van der Waals surface area contributed by atoms with Gasteiger partial charge < -0.3 is 41.0 Å². The Bertz CT molecular complexity index is 1310. The van der Waals surface area contributed by atoms with Crippen LogP contribution in [0, 0.1) is 0 Å². The lowest BCUT2D eigenvalue weighted by atomic mass is 10.0. The predicted octanol–water partition coefficient (Wildman–Crippen LogP) is 2.33. The van der Waals surface area contributed by atoms with E-state index in [2.05, 4.69) is 46.9 Å².